The number of hydrogen-bond donors (Lipinski definition) is 0. The summed E-state index contributed by atoms with van der Waals surface area (Å²) in [4.78, 5) is 0. The summed E-state index contributed by atoms with van der Waals surface area (Å²) in [7, 11) is 1.65. The minimum Gasteiger partial charge on any atom is -0.382 e. The molecule has 9 heteroatoms. The highest BCUT2D eigenvalue weighted by atomic mass is 16.5. The Morgan fingerprint density at radius 3 is 2.16 bits per heavy atom. The van der Waals surface area contributed by atoms with Gasteiger partial charge in [-0.3, -0.25) is 0 Å². The predicted octanol–water partition coefficient (Wildman–Crippen LogP) is 3.14. The van der Waals surface area contributed by atoms with Gasteiger partial charge in [0, 0.05) is 32.3 Å². The molecule has 2 heterocycles. The van der Waals surface area contributed by atoms with Gasteiger partial charge in [-0.25, -0.2) is 0 Å². The van der Waals surface area contributed by atoms with E-state index < -0.39 is 0 Å². The van der Waals surface area contributed by atoms with E-state index in [4.69, 9.17) is 32.7 Å². The Morgan fingerprint density at radius 1 is 0.677 bits per heavy atom. The van der Waals surface area contributed by atoms with Crippen molar-refractivity contribution < 1.29 is 32.7 Å². The first-order chi connectivity index (χ1) is 15.3. The summed E-state index contributed by atoms with van der Waals surface area (Å²) in [5.41, 5.74) is 1.80. The molecule has 2 aromatic rings. The van der Waals surface area contributed by atoms with Gasteiger partial charge in [0.2, 0.25) is 0 Å². The monoisotopic (exact) mass is 440 g/mol. The van der Waals surface area contributed by atoms with Crippen molar-refractivity contribution in [2.45, 2.75) is 45.6 Å². The van der Waals surface area contributed by atoms with Crippen LogP contribution in [0.25, 0.3) is 0 Å². The Balaban J connectivity index is 1.35. The summed E-state index contributed by atoms with van der Waals surface area (Å²) in [6.45, 7) is 7.03. The number of nitrogens with zero attached hydrogens (tertiary/aromatic N) is 2. The van der Waals surface area contributed by atoms with Crippen LogP contribution in [0, 0.1) is 6.92 Å². The van der Waals surface area contributed by atoms with Crippen molar-refractivity contribution in [2.75, 3.05) is 60.0 Å². The molecule has 0 saturated heterocycles. The summed E-state index contributed by atoms with van der Waals surface area (Å²) in [5, 5.41) is 7.99. The maximum Gasteiger partial charge on any atom is 0.139 e. The van der Waals surface area contributed by atoms with Gasteiger partial charge < -0.3 is 32.7 Å². The van der Waals surface area contributed by atoms with Crippen LogP contribution in [-0.2, 0) is 43.1 Å². The van der Waals surface area contributed by atoms with Gasteiger partial charge in [-0.05, 0) is 26.2 Å². The van der Waals surface area contributed by atoms with Crippen LogP contribution in [-0.4, -0.2) is 70.3 Å². The van der Waals surface area contributed by atoms with Crippen molar-refractivity contribution in [3.8, 4) is 0 Å². The predicted molar refractivity (Wildman–Crippen MR) is 113 cm³/mol. The Bertz CT molecular complexity index is 674. The van der Waals surface area contributed by atoms with E-state index >= 15 is 0 Å². The van der Waals surface area contributed by atoms with Gasteiger partial charge in [0.25, 0.3) is 0 Å². The van der Waals surface area contributed by atoms with Crippen molar-refractivity contribution in [3.05, 3.63) is 35.0 Å². The van der Waals surface area contributed by atoms with Gasteiger partial charge >= 0.3 is 0 Å². The lowest BCUT2D eigenvalue weighted by atomic mass is 10.1. The maximum absolute atomic E-state index is 5.60. The van der Waals surface area contributed by atoms with E-state index in [1.807, 2.05) is 19.1 Å². The second-order valence-corrected chi connectivity index (χ2v) is 7.16. The average Bonchev–Trinajstić information content (AvgIpc) is 3.40. The maximum atomic E-state index is 5.60. The molecule has 0 saturated carbocycles. The number of ether oxygens (including phenoxy) is 5. The zero-order chi connectivity index (χ0) is 22.0. The second-order valence-electron chi connectivity index (χ2n) is 7.16. The lowest BCUT2D eigenvalue weighted by Crippen LogP contribution is -2.08. The minimum absolute atomic E-state index is 0.407. The highest BCUT2D eigenvalue weighted by molar-refractivity contribution is 5.04. The Kier molecular flexibility index (Phi) is 13.9. The smallest absolute Gasteiger partial charge is 0.139 e. The van der Waals surface area contributed by atoms with Gasteiger partial charge in [-0.2, -0.15) is 0 Å². The summed E-state index contributed by atoms with van der Waals surface area (Å²) < 4.78 is 37.3. The number of methoxy groups -OCH3 is 1. The molecular formula is C22H36N2O7. The summed E-state index contributed by atoms with van der Waals surface area (Å²) in [5.74, 6) is 1.66. The quantitative estimate of drug-likeness (QED) is 0.288. The van der Waals surface area contributed by atoms with Crippen molar-refractivity contribution in [2.24, 2.45) is 0 Å². The van der Waals surface area contributed by atoms with Gasteiger partial charge in [0.1, 0.15) is 17.2 Å². The lowest BCUT2D eigenvalue weighted by Gasteiger charge is -2.05. The van der Waals surface area contributed by atoms with Gasteiger partial charge in [-0.15, -0.1) is 0 Å². The third-order valence-electron chi connectivity index (χ3n) is 4.42. The molecule has 0 bridgehead atoms. The van der Waals surface area contributed by atoms with E-state index in [1.54, 1.807) is 7.11 Å². The molecule has 0 radical (unpaired) electrons. The molecule has 0 unspecified atom stereocenters. The average molecular weight is 441 g/mol. The molecule has 2 rings (SSSR count). The van der Waals surface area contributed by atoms with E-state index in [2.05, 4.69) is 10.3 Å². The van der Waals surface area contributed by atoms with Crippen molar-refractivity contribution in [1.82, 2.24) is 10.3 Å². The summed E-state index contributed by atoms with van der Waals surface area (Å²) in [6, 6.07) is 3.88. The van der Waals surface area contributed by atoms with Crippen LogP contribution in [0.15, 0.2) is 21.2 Å². The molecule has 0 N–H and O–H groups in total. The molecule has 0 aliphatic carbocycles. The van der Waals surface area contributed by atoms with Crippen molar-refractivity contribution >= 4 is 0 Å². The van der Waals surface area contributed by atoms with Crippen LogP contribution in [0.3, 0.4) is 0 Å². The van der Waals surface area contributed by atoms with E-state index in [9.17, 15) is 0 Å². The molecule has 176 valence electrons. The normalized spacial score (nSPS) is 11.4. The Labute approximate surface area is 184 Å². The van der Waals surface area contributed by atoms with E-state index in [0.29, 0.717) is 59.3 Å². The number of hydrogen-bond acceptors (Lipinski definition) is 9. The third-order valence-corrected chi connectivity index (χ3v) is 4.42. The van der Waals surface area contributed by atoms with E-state index in [-0.39, 0.29) is 0 Å². The number of unbranched alkanes of at least 4 members (excludes halogenated alkanes) is 2. The number of aryl methyl sites for hydroxylation is 2. The summed E-state index contributed by atoms with van der Waals surface area (Å²) >= 11 is 0. The van der Waals surface area contributed by atoms with Crippen LogP contribution in [0.2, 0.25) is 0 Å². The van der Waals surface area contributed by atoms with Crippen LogP contribution in [0.1, 0.15) is 42.2 Å². The fourth-order valence-electron chi connectivity index (χ4n) is 2.80. The Hall–Kier alpha value is -1.78. The largest absolute Gasteiger partial charge is 0.382 e. The molecule has 0 aliphatic rings. The lowest BCUT2D eigenvalue weighted by molar-refractivity contribution is 0.0187. The van der Waals surface area contributed by atoms with Gasteiger partial charge in [-0.1, -0.05) is 16.7 Å². The molecule has 9 nitrogen and oxygen atoms in total. The first-order valence-electron chi connectivity index (χ1n) is 10.9. The first kappa shape index (κ1) is 25.5. The molecule has 31 heavy (non-hydrogen) atoms. The van der Waals surface area contributed by atoms with Gasteiger partial charge in [0.15, 0.2) is 0 Å². The zero-order valence-corrected chi connectivity index (χ0v) is 18.8. The molecule has 2 aromatic heterocycles. The van der Waals surface area contributed by atoms with Crippen LogP contribution < -0.4 is 0 Å². The van der Waals surface area contributed by atoms with E-state index in [1.165, 1.54) is 0 Å². The number of rotatable bonds is 20. The van der Waals surface area contributed by atoms with Gasteiger partial charge in [0.05, 0.1) is 58.5 Å². The molecule has 0 fully saturated rings. The third kappa shape index (κ3) is 12.6. The molecule has 0 atom stereocenters. The highest BCUT2D eigenvalue weighted by Gasteiger charge is 2.05. The van der Waals surface area contributed by atoms with Crippen LogP contribution in [0.5, 0.6) is 0 Å². The number of aromatic nitrogens is 2. The highest BCUT2D eigenvalue weighted by Crippen LogP contribution is 2.08. The standard InChI is InChI=1S/C22H36N2O7/c1-19-16-20(23-30-19)6-4-3-5-8-26-12-13-27-9-7-22-17-21(24-31-22)18-29-15-14-28-11-10-25-2/h16-17H,3-15,18H2,1-2H3. The van der Waals surface area contributed by atoms with Crippen molar-refractivity contribution in [3.63, 3.8) is 0 Å². The SMILES string of the molecule is COCCOCCOCc1cc(CCOCCOCCCCCc2cc(C)on2)on1. The zero-order valence-electron chi connectivity index (χ0n) is 18.8. The molecule has 0 aromatic carbocycles. The minimum atomic E-state index is 0.407. The fourth-order valence-corrected chi connectivity index (χ4v) is 2.80. The first-order valence-corrected chi connectivity index (χ1v) is 10.9. The van der Waals surface area contributed by atoms with Crippen LogP contribution in [0.4, 0.5) is 0 Å². The Morgan fingerprint density at radius 2 is 1.39 bits per heavy atom. The molecule has 0 amide bonds. The second kappa shape index (κ2) is 16.9. The molecular weight excluding hydrogens is 404 g/mol. The topological polar surface area (TPSA) is 98.2 Å². The molecule has 0 spiro atoms. The van der Waals surface area contributed by atoms with Crippen LogP contribution >= 0.6 is 0 Å². The fraction of sp³-hybridized carbons (Fsp3) is 0.727. The van der Waals surface area contributed by atoms with E-state index in [0.717, 1.165) is 55.2 Å². The summed E-state index contributed by atoms with van der Waals surface area (Å²) in [6.07, 6.45) is 4.89. The van der Waals surface area contributed by atoms with Crippen molar-refractivity contribution in [1.29, 1.82) is 0 Å². The molecule has 0 aliphatic heterocycles.